The molecular weight excluding hydrogens is 426 g/mol. The molecule has 7 nitrogen and oxygen atoms in total. The Balaban J connectivity index is 1.46. The highest BCUT2D eigenvalue weighted by Crippen LogP contribution is 2.23. The van der Waals surface area contributed by atoms with Crippen molar-refractivity contribution in [3.63, 3.8) is 0 Å². The van der Waals surface area contributed by atoms with Crippen LogP contribution in [0.1, 0.15) is 39.0 Å². The first-order valence-corrected chi connectivity index (χ1v) is 12.5. The zero-order chi connectivity index (χ0) is 22.6. The normalized spacial score (nSPS) is 19.4. The van der Waals surface area contributed by atoms with Gasteiger partial charge in [-0.25, -0.2) is 26.3 Å². The van der Waals surface area contributed by atoms with Crippen LogP contribution in [0.25, 0.3) is 0 Å². The van der Waals surface area contributed by atoms with Gasteiger partial charge >= 0.3 is 6.03 Å². The molecule has 2 heterocycles. The Morgan fingerprint density at radius 3 is 2.19 bits per heavy atom. The van der Waals surface area contributed by atoms with Crippen LogP contribution in [-0.2, 0) is 10.0 Å². The van der Waals surface area contributed by atoms with Crippen LogP contribution in [0.15, 0.2) is 18.2 Å². The van der Waals surface area contributed by atoms with Gasteiger partial charge in [-0.1, -0.05) is 6.92 Å². The number of piperidine rings is 2. The fourth-order valence-corrected chi connectivity index (χ4v) is 5.88. The Morgan fingerprint density at radius 1 is 1.06 bits per heavy atom. The maximum Gasteiger partial charge on any atom is 0.317 e. The Bertz CT molecular complexity index is 847. The summed E-state index contributed by atoms with van der Waals surface area (Å²) in [5.74, 6) is -1.03. The highest BCUT2D eigenvalue weighted by Gasteiger charge is 2.31. The molecule has 0 radical (unpaired) electrons. The predicted molar refractivity (Wildman–Crippen MR) is 117 cm³/mol. The lowest BCUT2D eigenvalue weighted by Crippen LogP contribution is -2.53. The molecule has 0 unspecified atom stereocenters. The van der Waals surface area contributed by atoms with E-state index in [9.17, 15) is 22.0 Å². The SMILES string of the molecule is CCCS(=O)(=O)N1CCC(N(C)C(=O)NC2CCN(c3cc(F)cc(F)c3)CC2)CC1. The van der Waals surface area contributed by atoms with Gasteiger partial charge in [-0.15, -0.1) is 0 Å². The molecule has 0 atom stereocenters. The lowest BCUT2D eigenvalue weighted by atomic mass is 10.0. The number of sulfonamides is 1. The van der Waals surface area contributed by atoms with Crippen molar-refractivity contribution in [2.45, 2.75) is 51.1 Å². The molecule has 0 bridgehead atoms. The molecule has 3 rings (SSSR count). The third kappa shape index (κ3) is 6.06. The van der Waals surface area contributed by atoms with Crippen LogP contribution in [0.3, 0.4) is 0 Å². The van der Waals surface area contributed by atoms with E-state index in [1.54, 1.807) is 11.9 Å². The molecular formula is C21H32F2N4O3S. The van der Waals surface area contributed by atoms with Crippen molar-refractivity contribution in [1.29, 1.82) is 0 Å². The van der Waals surface area contributed by atoms with E-state index in [0.29, 0.717) is 64.0 Å². The molecule has 1 N–H and O–H groups in total. The number of carbonyl (C=O) groups is 1. The van der Waals surface area contributed by atoms with Gasteiger partial charge in [0.2, 0.25) is 10.0 Å². The first-order valence-electron chi connectivity index (χ1n) is 10.9. The van der Waals surface area contributed by atoms with Crippen LogP contribution in [0, 0.1) is 11.6 Å². The number of nitrogens with one attached hydrogen (secondary N) is 1. The van der Waals surface area contributed by atoms with Crippen molar-refractivity contribution in [1.82, 2.24) is 14.5 Å². The van der Waals surface area contributed by atoms with E-state index in [4.69, 9.17) is 0 Å². The van der Waals surface area contributed by atoms with Crippen molar-refractivity contribution in [3.05, 3.63) is 29.8 Å². The summed E-state index contributed by atoms with van der Waals surface area (Å²) in [6.45, 7) is 3.93. The van der Waals surface area contributed by atoms with Gasteiger partial charge in [0.25, 0.3) is 0 Å². The fourth-order valence-electron chi connectivity index (χ4n) is 4.34. The maximum absolute atomic E-state index is 13.5. The van der Waals surface area contributed by atoms with Crippen LogP contribution < -0.4 is 10.2 Å². The Hall–Kier alpha value is -1.94. The molecule has 2 saturated heterocycles. The molecule has 2 amide bonds. The molecule has 1 aromatic carbocycles. The van der Waals surface area contributed by atoms with E-state index < -0.39 is 21.7 Å². The lowest BCUT2D eigenvalue weighted by Gasteiger charge is -2.38. The smallest absolute Gasteiger partial charge is 0.317 e. The summed E-state index contributed by atoms with van der Waals surface area (Å²) in [4.78, 5) is 16.3. The van der Waals surface area contributed by atoms with Crippen LogP contribution in [0.5, 0.6) is 0 Å². The van der Waals surface area contributed by atoms with Gasteiger partial charge in [0.05, 0.1) is 5.75 Å². The van der Waals surface area contributed by atoms with E-state index in [-0.39, 0.29) is 23.9 Å². The quantitative estimate of drug-likeness (QED) is 0.712. The number of carbonyl (C=O) groups excluding carboxylic acids is 1. The minimum absolute atomic E-state index is 0.00318. The summed E-state index contributed by atoms with van der Waals surface area (Å²) in [5, 5.41) is 3.05. The summed E-state index contributed by atoms with van der Waals surface area (Å²) in [7, 11) is -1.45. The van der Waals surface area contributed by atoms with Crippen molar-refractivity contribution in [3.8, 4) is 0 Å². The van der Waals surface area contributed by atoms with Crippen LogP contribution >= 0.6 is 0 Å². The number of rotatable bonds is 6. The van der Waals surface area contributed by atoms with E-state index in [2.05, 4.69) is 5.32 Å². The molecule has 0 aliphatic carbocycles. The third-order valence-electron chi connectivity index (χ3n) is 6.18. The zero-order valence-electron chi connectivity index (χ0n) is 18.2. The minimum Gasteiger partial charge on any atom is -0.371 e. The monoisotopic (exact) mass is 458 g/mol. The number of urea groups is 1. The highest BCUT2D eigenvalue weighted by molar-refractivity contribution is 7.89. The minimum atomic E-state index is -3.20. The molecule has 174 valence electrons. The highest BCUT2D eigenvalue weighted by atomic mass is 32.2. The van der Waals surface area contributed by atoms with Crippen LogP contribution in [0.4, 0.5) is 19.3 Å². The summed E-state index contributed by atoms with van der Waals surface area (Å²) < 4.78 is 52.9. The summed E-state index contributed by atoms with van der Waals surface area (Å²) in [6.07, 6.45) is 3.21. The number of halogens is 2. The van der Waals surface area contributed by atoms with Crippen LogP contribution in [0.2, 0.25) is 0 Å². The van der Waals surface area contributed by atoms with Gasteiger partial charge < -0.3 is 15.1 Å². The molecule has 0 saturated carbocycles. The molecule has 2 aliphatic rings. The number of hydrogen-bond acceptors (Lipinski definition) is 4. The van der Waals surface area contributed by atoms with Gasteiger partial charge in [-0.3, -0.25) is 0 Å². The summed E-state index contributed by atoms with van der Waals surface area (Å²) in [6, 6.07) is 3.34. The van der Waals surface area contributed by atoms with Crippen molar-refractivity contribution in [2.24, 2.45) is 0 Å². The second kappa shape index (κ2) is 10.1. The average Bonchev–Trinajstić information content (AvgIpc) is 2.73. The van der Waals surface area contributed by atoms with E-state index in [1.807, 2.05) is 11.8 Å². The first-order chi connectivity index (χ1) is 14.7. The van der Waals surface area contributed by atoms with Gasteiger partial charge in [-0.2, -0.15) is 0 Å². The van der Waals surface area contributed by atoms with E-state index in [0.717, 1.165) is 6.07 Å². The molecule has 0 spiro atoms. The van der Waals surface area contributed by atoms with Gasteiger partial charge in [0, 0.05) is 57.1 Å². The Labute approximate surface area is 183 Å². The first kappa shape index (κ1) is 23.7. The van der Waals surface area contributed by atoms with Crippen molar-refractivity contribution >= 4 is 21.7 Å². The topological polar surface area (TPSA) is 73.0 Å². The summed E-state index contributed by atoms with van der Waals surface area (Å²) in [5.41, 5.74) is 0.518. The fraction of sp³-hybridized carbons (Fsp3) is 0.667. The van der Waals surface area contributed by atoms with Gasteiger partial charge in [0.1, 0.15) is 11.6 Å². The van der Waals surface area contributed by atoms with Crippen LogP contribution in [-0.4, -0.2) is 74.7 Å². The Kier molecular flexibility index (Phi) is 7.74. The predicted octanol–water partition coefficient (Wildman–Crippen LogP) is 2.78. The second-order valence-electron chi connectivity index (χ2n) is 8.40. The van der Waals surface area contributed by atoms with E-state index in [1.165, 1.54) is 16.4 Å². The molecule has 2 aliphatic heterocycles. The Morgan fingerprint density at radius 2 is 1.65 bits per heavy atom. The average molecular weight is 459 g/mol. The number of anilines is 1. The maximum atomic E-state index is 13.5. The zero-order valence-corrected chi connectivity index (χ0v) is 19.0. The molecule has 1 aromatic rings. The largest absolute Gasteiger partial charge is 0.371 e. The van der Waals surface area contributed by atoms with E-state index >= 15 is 0 Å². The number of benzene rings is 1. The molecule has 2 fully saturated rings. The third-order valence-corrected chi connectivity index (χ3v) is 8.26. The molecule has 0 aromatic heterocycles. The number of hydrogen-bond donors (Lipinski definition) is 1. The number of nitrogens with zero attached hydrogens (tertiary/aromatic N) is 3. The van der Waals surface area contributed by atoms with Gasteiger partial charge in [-0.05, 0) is 44.2 Å². The molecule has 31 heavy (non-hydrogen) atoms. The molecule has 10 heteroatoms. The van der Waals surface area contributed by atoms with Crippen molar-refractivity contribution in [2.75, 3.05) is 43.9 Å². The van der Waals surface area contributed by atoms with Gasteiger partial charge in [0.15, 0.2) is 0 Å². The second-order valence-corrected chi connectivity index (χ2v) is 10.5. The van der Waals surface area contributed by atoms with Crippen molar-refractivity contribution < 1.29 is 22.0 Å². The number of amides is 2. The lowest BCUT2D eigenvalue weighted by molar-refractivity contribution is 0.158. The summed E-state index contributed by atoms with van der Waals surface area (Å²) >= 11 is 0. The standard InChI is InChI=1S/C21H32F2N4O3S/c1-3-12-31(29,30)27-10-6-19(7-11-27)25(2)21(28)24-18-4-8-26(9-5-18)20-14-16(22)13-17(23)15-20/h13-15,18-19H,3-12H2,1-2H3,(H,24,28).